The van der Waals surface area contributed by atoms with E-state index in [0.29, 0.717) is 24.9 Å². The summed E-state index contributed by atoms with van der Waals surface area (Å²) in [6.45, 7) is 0.470. The van der Waals surface area contributed by atoms with Crippen molar-refractivity contribution in [1.29, 1.82) is 0 Å². The van der Waals surface area contributed by atoms with E-state index in [4.69, 9.17) is 5.73 Å². The summed E-state index contributed by atoms with van der Waals surface area (Å²) in [6, 6.07) is 3.76. The highest BCUT2D eigenvalue weighted by molar-refractivity contribution is 5.96. The number of carbonyl (C=O) groups is 2. The van der Waals surface area contributed by atoms with Gasteiger partial charge in [-0.15, -0.1) is 0 Å². The van der Waals surface area contributed by atoms with Crippen LogP contribution in [0.1, 0.15) is 28.8 Å². The van der Waals surface area contributed by atoms with E-state index >= 15 is 0 Å². The molecule has 2 rings (SSSR count). The van der Waals surface area contributed by atoms with Gasteiger partial charge in [0.25, 0.3) is 5.91 Å². The third kappa shape index (κ3) is 4.04. The first-order valence-electron chi connectivity index (χ1n) is 6.66. The van der Waals surface area contributed by atoms with Gasteiger partial charge in [0.2, 0.25) is 5.91 Å². The quantitative estimate of drug-likeness (QED) is 0.692. The van der Waals surface area contributed by atoms with E-state index in [0.717, 1.165) is 6.07 Å². The second-order valence-electron chi connectivity index (χ2n) is 4.71. The van der Waals surface area contributed by atoms with Gasteiger partial charge in [-0.25, -0.2) is 4.39 Å². The zero-order chi connectivity index (χ0) is 15.2. The van der Waals surface area contributed by atoms with Crippen molar-refractivity contribution in [2.24, 2.45) is 5.73 Å². The number of halogens is 1. The van der Waals surface area contributed by atoms with Crippen LogP contribution < -0.4 is 16.4 Å². The first-order chi connectivity index (χ1) is 10.1. The standard InChI is InChI=1S/C15H16FN3O2/c16-11-4-3-10(2-1-7-17)13(8-11)15(21)18-9-12-5-6-14(20)19-12/h3-4,8,12H,5-7,9,17H2,(H,18,21)(H,19,20). The maximum atomic E-state index is 13.3. The average Bonchev–Trinajstić information content (AvgIpc) is 2.89. The lowest BCUT2D eigenvalue weighted by Gasteiger charge is -2.12. The van der Waals surface area contributed by atoms with Crippen molar-refractivity contribution in [1.82, 2.24) is 10.6 Å². The first-order valence-corrected chi connectivity index (χ1v) is 6.66. The molecule has 1 saturated heterocycles. The fourth-order valence-electron chi connectivity index (χ4n) is 2.10. The van der Waals surface area contributed by atoms with Crippen molar-refractivity contribution in [3.8, 4) is 11.8 Å². The molecule has 6 heteroatoms. The normalized spacial score (nSPS) is 16.9. The molecule has 0 saturated carbocycles. The Morgan fingerprint density at radius 3 is 3.00 bits per heavy atom. The summed E-state index contributed by atoms with van der Waals surface area (Å²) in [5.41, 5.74) is 5.89. The zero-order valence-corrected chi connectivity index (χ0v) is 11.4. The Balaban J connectivity index is 2.07. The van der Waals surface area contributed by atoms with E-state index in [1.165, 1.54) is 12.1 Å². The molecule has 1 atom stereocenters. The summed E-state index contributed by atoms with van der Waals surface area (Å²) >= 11 is 0. The fraction of sp³-hybridized carbons (Fsp3) is 0.333. The lowest BCUT2D eigenvalue weighted by atomic mass is 10.1. The van der Waals surface area contributed by atoms with E-state index in [1.807, 2.05) is 0 Å². The van der Waals surface area contributed by atoms with E-state index in [9.17, 15) is 14.0 Å². The lowest BCUT2D eigenvalue weighted by Crippen LogP contribution is -2.38. The first kappa shape index (κ1) is 15.0. The van der Waals surface area contributed by atoms with Gasteiger partial charge in [-0.3, -0.25) is 9.59 Å². The number of nitrogens with two attached hydrogens (primary N) is 1. The smallest absolute Gasteiger partial charge is 0.252 e. The number of benzene rings is 1. The number of rotatable bonds is 3. The minimum Gasteiger partial charge on any atom is -0.352 e. The van der Waals surface area contributed by atoms with Gasteiger partial charge >= 0.3 is 0 Å². The molecule has 21 heavy (non-hydrogen) atoms. The zero-order valence-electron chi connectivity index (χ0n) is 11.4. The van der Waals surface area contributed by atoms with E-state index in [2.05, 4.69) is 22.5 Å². The molecular weight excluding hydrogens is 273 g/mol. The van der Waals surface area contributed by atoms with Gasteiger partial charge < -0.3 is 16.4 Å². The fourth-order valence-corrected chi connectivity index (χ4v) is 2.10. The molecule has 0 aromatic heterocycles. The summed E-state index contributed by atoms with van der Waals surface area (Å²) < 4.78 is 13.3. The van der Waals surface area contributed by atoms with Crippen molar-refractivity contribution < 1.29 is 14.0 Å². The van der Waals surface area contributed by atoms with Crippen LogP contribution in [0, 0.1) is 17.7 Å². The Hall–Kier alpha value is -2.39. The molecule has 4 N–H and O–H groups in total. The van der Waals surface area contributed by atoms with E-state index in [-0.39, 0.29) is 24.1 Å². The third-order valence-electron chi connectivity index (χ3n) is 3.15. The Morgan fingerprint density at radius 2 is 2.33 bits per heavy atom. The van der Waals surface area contributed by atoms with Gasteiger partial charge in [0, 0.05) is 24.6 Å². The van der Waals surface area contributed by atoms with Crippen LogP contribution in [0.2, 0.25) is 0 Å². The minimum atomic E-state index is -0.507. The number of carbonyl (C=O) groups excluding carboxylic acids is 2. The molecule has 1 aromatic rings. The highest BCUT2D eigenvalue weighted by Gasteiger charge is 2.21. The van der Waals surface area contributed by atoms with Crippen molar-refractivity contribution in [2.75, 3.05) is 13.1 Å². The predicted octanol–water partition coefficient (Wildman–Crippen LogP) is 0.144. The minimum absolute atomic E-state index is 0.0190. The Morgan fingerprint density at radius 1 is 1.52 bits per heavy atom. The summed E-state index contributed by atoms with van der Waals surface area (Å²) in [5.74, 6) is 4.44. The van der Waals surface area contributed by atoms with Gasteiger partial charge in [0.15, 0.2) is 0 Å². The van der Waals surface area contributed by atoms with Gasteiger partial charge in [0.1, 0.15) is 5.82 Å². The molecule has 1 heterocycles. The van der Waals surface area contributed by atoms with Crippen molar-refractivity contribution in [2.45, 2.75) is 18.9 Å². The van der Waals surface area contributed by atoms with E-state index < -0.39 is 11.7 Å². The van der Waals surface area contributed by atoms with Gasteiger partial charge in [0.05, 0.1) is 12.1 Å². The van der Waals surface area contributed by atoms with Crippen LogP contribution in [0.4, 0.5) is 4.39 Å². The molecule has 1 fully saturated rings. The highest BCUT2D eigenvalue weighted by Crippen LogP contribution is 2.11. The lowest BCUT2D eigenvalue weighted by molar-refractivity contribution is -0.119. The van der Waals surface area contributed by atoms with Crippen molar-refractivity contribution >= 4 is 11.8 Å². The molecular formula is C15H16FN3O2. The summed E-state index contributed by atoms with van der Waals surface area (Å²) in [4.78, 5) is 23.2. The molecule has 0 bridgehead atoms. The van der Waals surface area contributed by atoms with Gasteiger partial charge in [-0.05, 0) is 24.6 Å². The average molecular weight is 289 g/mol. The topological polar surface area (TPSA) is 84.2 Å². The summed E-state index contributed by atoms with van der Waals surface area (Å²) in [7, 11) is 0. The Labute approximate surface area is 122 Å². The molecule has 110 valence electrons. The van der Waals surface area contributed by atoms with Crippen LogP contribution in [-0.4, -0.2) is 30.9 Å². The van der Waals surface area contributed by atoms with Crippen molar-refractivity contribution in [3.63, 3.8) is 0 Å². The molecule has 1 aromatic carbocycles. The SMILES string of the molecule is NCC#Cc1ccc(F)cc1C(=O)NCC1CCC(=O)N1. The highest BCUT2D eigenvalue weighted by atomic mass is 19.1. The molecule has 0 radical (unpaired) electrons. The summed E-state index contributed by atoms with van der Waals surface area (Å²) in [6.07, 6.45) is 1.15. The Kier molecular flexibility index (Phi) is 4.90. The maximum Gasteiger partial charge on any atom is 0.252 e. The largest absolute Gasteiger partial charge is 0.352 e. The van der Waals surface area contributed by atoms with Crippen molar-refractivity contribution in [3.05, 3.63) is 35.1 Å². The van der Waals surface area contributed by atoms with Crippen LogP contribution in [0.3, 0.4) is 0 Å². The second kappa shape index (κ2) is 6.86. The second-order valence-corrected chi connectivity index (χ2v) is 4.71. The number of hydrogen-bond acceptors (Lipinski definition) is 3. The van der Waals surface area contributed by atoms with Crippen LogP contribution >= 0.6 is 0 Å². The predicted molar refractivity (Wildman–Crippen MR) is 75.8 cm³/mol. The van der Waals surface area contributed by atoms with Crippen LogP contribution in [0.15, 0.2) is 18.2 Å². The number of nitrogens with one attached hydrogen (secondary N) is 2. The molecule has 0 spiro atoms. The molecule has 1 aliphatic rings. The summed E-state index contributed by atoms with van der Waals surface area (Å²) in [5, 5.41) is 5.43. The third-order valence-corrected chi connectivity index (χ3v) is 3.15. The number of hydrogen-bond donors (Lipinski definition) is 3. The number of amides is 2. The molecule has 0 aliphatic carbocycles. The van der Waals surface area contributed by atoms with E-state index in [1.54, 1.807) is 0 Å². The molecule has 1 aliphatic heterocycles. The molecule has 1 unspecified atom stereocenters. The van der Waals surface area contributed by atoms with Crippen LogP contribution in [0.25, 0.3) is 0 Å². The molecule has 5 nitrogen and oxygen atoms in total. The Bertz CT molecular complexity index is 619. The van der Waals surface area contributed by atoms with Gasteiger partial charge in [-0.2, -0.15) is 0 Å². The molecule has 2 amide bonds. The van der Waals surface area contributed by atoms with Crippen LogP contribution in [0.5, 0.6) is 0 Å². The van der Waals surface area contributed by atoms with Crippen LogP contribution in [-0.2, 0) is 4.79 Å². The maximum absolute atomic E-state index is 13.3. The monoisotopic (exact) mass is 289 g/mol. The van der Waals surface area contributed by atoms with Gasteiger partial charge in [-0.1, -0.05) is 11.8 Å².